The van der Waals surface area contributed by atoms with Gasteiger partial charge in [0.1, 0.15) is 11.4 Å². The average molecular weight is 467 g/mol. The van der Waals surface area contributed by atoms with Crippen LogP contribution in [0.25, 0.3) is 0 Å². The molecule has 0 amide bonds. The van der Waals surface area contributed by atoms with E-state index in [4.69, 9.17) is 4.74 Å². The second kappa shape index (κ2) is 10.2. The van der Waals surface area contributed by atoms with E-state index < -0.39 is 34.6 Å². The van der Waals surface area contributed by atoms with Crippen molar-refractivity contribution in [1.82, 2.24) is 9.13 Å². The maximum atomic E-state index is 14.5. The number of esters is 1. The number of ether oxygens (including phenoxy) is 1. The third kappa shape index (κ3) is 6.10. The molecule has 0 bridgehead atoms. The number of carbonyl (C=O) groups excluding carboxylic acids is 1. The number of hydrogen-bond acceptors (Lipinski definition) is 4. The van der Waals surface area contributed by atoms with E-state index in [0.29, 0.717) is 11.3 Å². The normalized spacial score (nSPS) is 12.4. The van der Waals surface area contributed by atoms with Gasteiger partial charge in [0.15, 0.2) is 0 Å². The lowest BCUT2D eigenvalue weighted by Gasteiger charge is -2.23. The van der Waals surface area contributed by atoms with Crippen molar-refractivity contribution in [1.29, 1.82) is 0 Å². The smallest absolute Gasteiger partial charge is 0.331 e. The highest BCUT2D eigenvalue weighted by molar-refractivity contribution is 5.71. The molecule has 34 heavy (non-hydrogen) atoms. The summed E-state index contributed by atoms with van der Waals surface area (Å²) < 4.78 is 22.4. The van der Waals surface area contributed by atoms with Crippen molar-refractivity contribution in [3.63, 3.8) is 0 Å². The number of aryl methyl sites for hydroxylation is 2. The highest BCUT2D eigenvalue weighted by Gasteiger charge is 2.24. The molecular formula is C27H31FN2O4. The zero-order valence-electron chi connectivity index (χ0n) is 20.3. The van der Waals surface area contributed by atoms with E-state index in [-0.39, 0.29) is 19.5 Å². The summed E-state index contributed by atoms with van der Waals surface area (Å²) in [5, 5.41) is 0. The highest BCUT2D eigenvalue weighted by atomic mass is 19.1. The van der Waals surface area contributed by atoms with Gasteiger partial charge in [-0.15, -0.1) is 0 Å². The number of hydrogen-bond donors (Lipinski definition) is 0. The summed E-state index contributed by atoms with van der Waals surface area (Å²) in [6.45, 7) is 8.80. The quantitative estimate of drug-likeness (QED) is 0.486. The van der Waals surface area contributed by atoms with Gasteiger partial charge >= 0.3 is 11.7 Å². The van der Waals surface area contributed by atoms with Crippen LogP contribution in [0.15, 0.2) is 64.2 Å². The van der Waals surface area contributed by atoms with Gasteiger partial charge in [0.2, 0.25) is 0 Å². The fourth-order valence-corrected chi connectivity index (χ4v) is 3.93. The van der Waals surface area contributed by atoms with Crippen LogP contribution in [0.5, 0.6) is 0 Å². The van der Waals surface area contributed by atoms with Gasteiger partial charge in [0.25, 0.3) is 5.56 Å². The predicted molar refractivity (Wildman–Crippen MR) is 130 cm³/mol. The monoisotopic (exact) mass is 466 g/mol. The molecule has 180 valence electrons. The van der Waals surface area contributed by atoms with Crippen molar-refractivity contribution in [3.8, 4) is 0 Å². The van der Waals surface area contributed by atoms with Crippen molar-refractivity contribution in [3.05, 3.63) is 104 Å². The highest BCUT2D eigenvalue weighted by Crippen LogP contribution is 2.23. The molecule has 7 heteroatoms. The largest absolute Gasteiger partial charge is 0.460 e. The van der Waals surface area contributed by atoms with E-state index in [1.54, 1.807) is 46.8 Å². The van der Waals surface area contributed by atoms with Crippen LogP contribution in [0.1, 0.15) is 55.5 Å². The Morgan fingerprint density at radius 3 is 2.29 bits per heavy atom. The molecule has 0 unspecified atom stereocenters. The Labute approximate surface area is 198 Å². The molecule has 0 radical (unpaired) electrons. The molecule has 0 N–H and O–H groups in total. The number of carbonyl (C=O) groups is 1. The summed E-state index contributed by atoms with van der Waals surface area (Å²) in [5.41, 5.74) is 0.715. The lowest BCUT2D eigenvalue weighted by atomic mass is 9.95. The van der Waals surface area contributed by atoms with Gasteiger partial charge in [-0.1, -0.05) is 42.5 Å². The molecule has 0 saturated carbocycles. The molecule has 0 saturated heterocycles. The first kappa shape index (κ1) is 25.1. The molecule has 1 heterocycles. The van der Waals surface area contributed by atoms with Gasteiger partial charge in [-0.05, 0) is 51.8 Å². The Kier molecular flexibility index (Phi) is 7.54. The number of rotatable bonds is 7. The molecule has 0 aliphatic rings. The first-order valence-corrected chi connectivity index (χ1v) is 11.3. The van der Waals surface area contributed by atoms with Gasteiger partial charge in [-0.25, -0.2) is 9.18 Å². The second-order valence-corrected chi connectivity index (χ2v) is 9.54. The minimum Gasteiger partial charge on any atom is -0.460 e. The molecular weight excluding hydrogens is 435 g/mol. The Morgan fingerprint density at radius 1 is 1.00 bits per heavy atom. The SMILES string of the molecule is Cc1cccc(F)c1Cn1c(C)cc(=O)n(C[C@H](CC(=O)OC(C)(C)C)c2ccccc2)c1=O. The Bertz CT molecular complexity index is 1270. The summed E-state index contributed by atoms with van der Waals surface area (Å²) in [5.74, 6) is -1.27. The molecule has 0 fully saturated rings. The zero-order valence-corrected chi connectivity index (χ0v) is 20.3. The van der Waals surface area contributed by atoms with Crippen LogP contribution < -0.4 is 11.2 Å². The van der Waals surface area contributed by atoms with Crippen molar-refractivity contribution >= 4 is 5.97 Å². The maximum Gasteiger partial charge on any atom is 0.331 e. The van der Waals surface area contributed by atoms with Crippen molar-refractivity contribution < 1.29 is 13.9 Å². The van der Waals surface area contributed by atoms with Crippen LogP contribution in [-0.4, -0.2) is 20.7 Å². The fraction of sp³-hybridized carbons (Fsp3) is 0.370. The topological polar surface area (TPSA) is 70.3 Å². The van der Waals surface area contributed by atoms with E-state index in [0.717, 1.165) is 15.7 Å². The minimum atomic E-state index is -0.649. The van der Waals surface area contributed by atoms with E-state index in [1.165, 1.54) is 16.7 Å². The maximum absolute atomic E-state index is 14.5. The van der Waals surface area contributed by atoms with Gasteiger partial charge in [0, 0.05) is 29.8 Å². The molecule has 2 aromatic carbocycles. The molecule has 6 nitrogen and oxygen atoms in total. The second-order valence-electron chi connectivity index (χ2n) is 9.54. The average Bonchev–Trinajstić information content (AvgIpc) is 2.74. The van der Waals surface area contributed by atoms with Gasteiger partial charge in [0.05, 0.1) is 13.0 Å². The standard InChI is InChI=1S/C27H31FN2O4/c1-18-10-9-13-23(28)22(18)17-29-19(2)14-24(31)30(26(29)33)16-21(20-11-7-6-8-12-20)15-25(32)34-27(3,4)5/h6-14,21H,15-17H2,1-5H3/t21-/m0/s1. The Morgan fingerprint density at radius 2 is 1.68 bits per heavy atom. The first-order chi connectivity index (χ1) is 16.0. The number of benzene rings is 2. The molecule has 1 atom stereocenters. The molecule has 0 aliphatic carbocycles. The fourth-order valence-electron chi connectivity index (χ4n) is 3.93. The van der Waals surface area contributed by atoms with E-state index in [1.807, 2.05) is 30.3 Å². The van der Waals surface area contributed by atoms with Crippen molar-refractivity contribution in [2.45, 2.75) is 65.6 Å². The molecule has 3 rings (SSSR count). The number of aromatic nitrogens is 2. The molecule has 1 aromatic heterocycles. The molecule has 0 aliphatic heterocycles. The van der Waals surface area contributed by atoms with Crippen LogP contribution in [0.3, 0.4) is 0 Å². The summed E-state index contributed by atoms with van der Waals surface area (Å²) in [7, 11) is 0. The minimum absolute atomic E-state index is 0.00252. The summed E-state index contributed by atoms with van der Waals surface area (Å²) >= 11 is 0. The number of nitrogens with zero attached hydrogens (tertiary/aromatic N) is 2. The zero-order chi connectivity index (χ0) is 25.0. The van der Waals surface area contributed by atoms with Gasteiger partial charge < -0.3 is 4.74 Å². The van der Waals surface area contributed by atoms with E-state index in [9.17, 15) is 18.8 Å². The lowest BCUT2D eigenvalue weighted by molar-refractivity contribution is -0.155. The molecule has 3 aromatic rings. The Balaban J connectivity index is 2.01. The van der Waals surface area contributed by atoms with Crippen LogP contribution in [0.4, 0.5) is 4.39 Å². The van der Waals surface area contributed by atoms with Gasteiger partial charge in [-0.2, -0.15) is 0 Å². The van der Waals surface area contributed by atoms with E-state index >= 15 is 0 Å². The summed E-state index contributed by atoms with van der Waals surface area (Å²) in [6.07, 6.45) is 0.00740. The van der Waals surface area contributed by atoms with Gasteiger partial charge in [-0.3, -0.25) is 18.7 Å². The third-order valence-corrected chi connectivity index (χ3v) is 5.66. The predicted octanol–water partition coefficient (Wildman–Crippen LogP) is 4.33. The Hall–Kier alpha value is -3.48. The number of halogens is 1. The van der Waals surface area contributed by atoms with Crippen LogP contribution in [-0.2, 0) is 22.6 Å². The molecule has 0 spiro atoms. The van der Waals surface area contributed by atoms with Crippen molar-refractivity contribution in [2.75, 3.05) is 0 Å². The third-order valence-electron chi connectivity index (χ3n) is 5.66. The first-order valence-electron chi connectivity index (χ1n) is 11.3. The summed E-state index contributed by atoms with van der Waals surface area (Å²) in [4.78, 5) is 38.9. The summed E-state index contributed by atoms with van der Waals surface area (Å²) in [6, 6.07) is 15.4. The van der Waals surface area contributed by atoms with Crippen LogP contribution in [0.2, 0.25) is 0 Å². The van der Waals surface area contributed by atoms with Crippen LogP contribution >= 0.6 is 0 Å². The van der Waals surface area contributed by atoms with Crippen LogP contribution in [0, 0.1) is 19.7 Å². The van der Waals surface area contributed by atoms with Crippen molar-refractivity contribution in [2.24, 2.45) is 0 Å². The lowest BCUT2D eigenvalue weighted by Crippen LogP contribution is -2.42. The van der Waals surface area contributed by atoms with E-state index in [2.05, 4.69) is 0 Å².